The average molecular weight is 198 g/mol. The summed E-state index contributed by atoms with van der Waals surface area (Å²) in [6, 6.07) is 2.13. The third kappa shape index (κ3) is 3.46. The molecule has 1 aromatic rings. The Balaban J connectivity index is 2.33. The lowest BCUT2D eigenvalue weighted by Crippen LogP contribution is -2.39. The molecule has 1 rings (SSSR count). The lowest BCUT2D eigenvalue weighted by molar-refractivity contribution is 0.240. The van der Waals surface area contributed by atoms with E-state index in [0.717, 1.165) is 6.42 Å². The minimum Gasteiger partial charge on any atom is -0.341 e. The van der Waals surface area contributed by atoms with Gasteiger partial charge in [-0.05, 0) is 35.7 Å². The van der Waals surface area contributed by atoms with E-state index in [9.17, 15) is 4.79 Å². The molecular formula is C9H14N2OS. The van der Waals surface area contributed by atoms with Crippen LogP contribution in [0.4, 0.5) is 4.79 Å². The summed E-state index contributed by atoms with van der Waals surface area (Å²) in [5.74, 6) is 0. The number of rotatable bonds is 3. The fourth-order valence-corrected chi connectivity index (χ4v) is 1.79. The van der Waals surface area contributed by atoms with Crippen molar-refractivity contribution in [2.24, 2.45) is 0 Å². The Labute approximate surface area is 82.2 Å². The summed E-state index contributed by atoms with van der Waals surface area (Å²) in [4.78, 5) is 10.9. The second kappa shape index (κ2) is 4.87. The minimum atomic E-state index is -0.122. The zero-order valence-corrected chi connectivity index (χ0v) is 8.65. The summed E-state index contributed by atoms with van der Waals surface area (Å²) < 4.78 is 0. The van der Waals surface area contributed by atoms with E-state index in [1.807, 2.05) is 12.3 Å². The molecule has 0 aliphatic rings. The molecule has 72 valence electrons. The highest BCUT2D eigenvalue weighted by Crippen LogP contribution is 2.08. The molecule has 0 aromatic carbocycles. The summed E-state index contributed by atoms with van der Waals surface area (Å²) in [5.41, 5.74) is 1.27. The van der Waals surface area contributed by atoms with E-state index in [1.54, 1.807) is 18.4 Å². The Kier molecular flexibility index (Phi) is 3.76. The first kappa shape index (κ1) is 10.1. The molecule has 0 saturated carbocycles. The first-order valence-electron chi connectivity index (χ1n) is 4.21. The van der Waals surface area contributed by atoms with Crippen molar-refractivity contribution in [2.75, 3.05) is 7.05 Å². The maximum absolute atomic E-state index is 10.9. The van der Waals surface area contributed by atoms with Crippen molar-refractivity contribution in [3.8, 4) is 0 Å². The smallest absolute Gasteiger partial charge is 0.314 e. The second-order valence-corrected chi connectivity index (χ2v) is 3.74. The van der Waals surface area contributed by atoms with Gasteiger partial charge in [-0.3, -0.25) is 0 Å². The van der Waals surface area contributed by atoms with Crippen LogP contribution in [0.2, 0.25) is 0 Å². The molecule has 2 amide bonds. The van der Waals surface area contributed by atoms with Crippen molar-refractivity contribution < 1.29 is 4.79 Å². The Morgan fingerprint density at radius 2 is 2.46 bits per heavy atom. The topological polar surface area (TPSA) is 41.1 Å². The van der Waals surface area contributed by atoms with Gasteiger partial charge in [0.05, 0.1) is 0 Å². The van der Waals surface area contributed by atoms with Gasteiger partial charge in [-0.25, -0.2) is 4.79 Å². The highest BCUT2D eigenvalue weighted by atomic mass is 32.1. The Bertz CT molecular complexity index is 259. The molecule has 0 aliphatic heterocycles. The monoisotopic (exact) mass is 198 g/mol. The first-order valence-corrected chi connectivity index (χ1v) is 5.16. The molecule has 1 atom stereocenters. The van der Waals surface area contributed by atoms with E-state index >= 15 is 0 Å². The summed E-state index contributed by atoms with van der Waals surface area (Å²) in [7, 11) is 1.62. The van der Waals surface area contributed by atoms with E-state index in [4.69, 9.17) is 0 Å². The zero-order chi connectivity index (χ0) is 9.68. The van der Waals surface area contributed by atoms with Gasteiger partial charge in [-0.15, -0.1) is 0 Å². The Morgan fingerprint density at radius 3 is 3.00 bits per heavy atom. The summed E-state index contributed by atoms with van der Waals surface area (Å²) in [6.07, 6.45) is 0.886. The van der Waals surface area contributed by atoms with Gasteiger partial charge in [-0.1, -0.05) is 0 Å². The molecule has 4 heteroatoms. The molecule has 0 spiro atoms. The van der Waals surface area contributed by atoms with Gasteiger partial charge in [-0.2, -0.15) is 11.3 Å². The molecular weight excluding hydrogens is 184 g/mol. The fourth-order valence-electron chi connectivity index (χ4n) is 1.11. The van der Waals surface area contributed by atoms with Crippen molar-refractivity contribution in [3.05, 3.63) is 22.4 Å². The largest absolute Gasteiger partial charge is 0.341 e. The summed E-state index contributed by atoms with van der Waals surface area (Å²) >= 11 is 1.68. The lowest BCUT2D eigenvalue weighted by atomic mass is 10.1. The highest BCUT2D eigenvalue weighted by Gasteiger charge is 2.05. The summed E-state index contributed by atoms with van der Waals surface area (Å²) in [5, 5.41) is 9.49. The fraction of sp³-hybridized carbons (Fsp3) is 0.444. The van der Waals surface area contributed by atoms with Crippen LogP contribution < -0.4 is 10.6 Å². The van der Waals surface area contributed by atoms with Gasteiger partial charge >= 0.3 is 6.03 Å². The molecule has 3 nitrogen and oxygen atoms in total. The van der Waals surface area contributed by atoms with Gasteiger partial charge in [0, 0.05) is 13.1 Å². The molecule has 2 N–H and O–H groups in total. The Morgan fingerprint density at radius 1 is 1.69 bits per heavy atom. The van der Waals surface area contributed by atoms with E-state index in [2.05, 4.69) is 22.1 Å². The number of nitrogens with one attached hydrogen (secondary N) is 2. The maximum Gasteiger partial charge on any atom is 0.314 e. The molecule has 0 fully saturated rings. The number of amides is 2. The molecule has 0 saturated heterocycles. The molecule has 13 heavy (non-hydrogen) atoms. The van der Waals surface area contributed by atoms with E-state index in [0.29, 0.717) is 0 Å². The SMILES string of the molecule is CNC(=O)NC(C)Cc1ccsc1. The van der Waals surface area contributed by atoms with Gasteiger partial charge < -0.3 is 10.6 Å². The van der Waals surface area contributed by atoms with Crippen LogP contribution in [0.5, 0.6) is 0 Å². The zero-order valence-electron chi connectivity index (χ0n) is 7.83. The van der Waals surface area contributed by atoms with Crippen LogP contribution in [0, 0.1) is 0 Å². The van der Waals surface area contributed by atoms with Gasteiger partial charge in [0.2, 0.25) is 0 Å². The van der Waals surface area contributed by atoms with Crippen LogP contribution in [-0.4, -0.2) is 19.1 Å². The third-order valence-corrected chi connectivity index (χ3v) is 2.46. The van der Waals surface area contributed by atoms with Gasteiger partial charge in [0.15, 0.2) is 0 Å². The normalized spacial score (nSPS) is 12.2. The van der Waals surface area contributed by atoms with Crippen LogP contribution >= 0.6 is 11.3 Å². The van der Waals surface area contributed by atoms with Crippen LogP contribution in [0.1, 0.15) is 12.5 Å². The highest BCUT2D eigenvalue weighted by molar-refractivity contribution is 7.07. The summed E-state index contributed by atoms with van der Waals surface area (Å²) in [6.45, 7) is 1.99. The van der Waals surface area contributed by atoms with Gasteiger partial charge in [0.25, 0.3) is 0 Å². The lowest BCUT2D eigenvalue weighted by Gasteiger charge is -2.12. The van der Waals surface area contributed by atoms with Crippen molar-refractivity contribution >= 4 is 17.4 Å². The van der Waals surface area contributed by atoms with Crippen molar-refractivity contribution in [1.82, 2.24) is 10.6 Å². The molecule has 1 aromatic heterocycles. The number of carbonyl (C=O) groups is 1. The minimum absolute atomic E-state index is 0.122. The molecule has 0 radical (unpaired) electrons. The molecule has 0 aliphatic carbocycles. The molecule has 1 heterocycles. The number of urea groups is 1. The number of carbonyl (C=O) groups excluding carboxylic acids is 1. The quantitative estimate of drug-likeness (QED) is 0.761. The van der Waals surface area contributed by atoms with E-state index in [1.165, 1.54) is 5.56 Å². The molecule has 1 unspecified atom stereocenters. The Hall–Kier alpha value is -1.03. The second-order valence-electron chi connectivity index (χ2n) is 2.96. The van der Waals surface area contributed by atoms with E-state index < -0.39 is 0 Å². The van der Waals surface area contributed by atoms with Crippen molar-refractivity contribution in [2.45, 2.75) is 19.4 Å². The maximum atomic E-state index is 10.9. The average Bonchev–Trinajstić information content (AvgIpc) is 2.56. The van der Waals surface area contributed by atoms with Crippen molar-refractivity contribution in [1.29, 1.82) is 0 Å². The standard InChI is InChI=1S/C9H14N2OS/c1-7(11-9(12)10-2)5-8-3-4-13-6-8/h3-4,6-7H,5H2,1-2H3,(H2,10,11,12). The predicted octanol–water partition coefficient (Wildman–Crippen LogP) is 1.61. The third-order valence-electron chi connectivity index (χ3n) is 1.73. The van der Waals surface area contributed by atoms with Gasteiger partial charge in [0.1, 0.15) is 0 Å². The van der Waals surface area contributed by atoms with Crippen LogP contribution in [0.25, 0.3) is 0 Å². The predicted molar refractivity (Wildman–Crippen MR) is 55.1 cm³/mol. The van der Waals surface area contributed by atoms with Crippen molar-refractivity contribution in [3.63, 3.8) is 0 Å². The van der Waals surface area contributed by atoms with E-state index in [-0.39, 0.29) is 12.1 Å². The number of hydrogen-bond acceptors (Lipinski definition) is 2. The molecule has 0 bridgehead atoms. The van der Waals surface area contributed by atoms with Crippen LogP contribution in [0.3, 0.4) is 0 Å². The number of thiophene rings is 1. The number of hydrogen-bond donors (Lipinski definition) is 2. The first-order chi connectivity index (χ1) is 6.22. The van der Waals surface area contributed by atoms with Crippen LogP contribution in [-0.2, 0) is 6.42 Å². The van der Waals surface area contributed by atoms with Crippen LogP contribution in [0.15, 0.2) is 16.8 Å².